The van der Waals surface area contributed by atoms with Crippen LogP contribution in [0.25, 0.3) is 0 Å². The monoisotopic (exact) mass is 430 g/mol. The molecule has 0 aromatic heterocycles. The van der Waals surface area contributed by atoms with Crippen molar-refractivity contribution in [3.8, 4) is 5.75 Å². The van der Waals surface area contributed by atoms with Crippen LogP contribution in [0.5, 0.6) is 5.75 Å². The smallest absolute Gasteiger partial charge is 0.243 e. The van der Waals surface area contributed by atoms with Crippen LogP contribution in [0.3, 0.4) is 0 Å². The van der Waals surface area contributed by atoms with Gasteiger partial charge in [-0.15, -0.1) is 0 Å². The first kappa shape index (κ1) is 22.3. The zero-order valence-corrected chi connectivity index (χ0v) is 18.6. The lowest BCUT2D eigenvalue weighted by atomic mass is 9.97. The van der Waals surface area contributed by atoms with Crippen molar-refractivity contribution in [2.24, 2.45) is 5.92 Å². The number of carbonyl (C=O) groups excluding carboxylic acids is 1. The van der Waals surface area contributed by atoms with Crippen molar-refractivity contribution in [1.29, 1.82) is 0 Å². The van der Waals surface area contributed by atoms with E-state index in [1.807, 2.05) is 19.1 Å². The summed E-state index contributed by atoms with van der Waals surface area (Å²) in [6.45, 7) is 4.68. The standard InChI is InChI=1S/C23H30N2O4S/c1-4-18-7-9-19(10-8-18)17(2)24-23(26)20-6-5-15-25(16-20)30(27,28)22-13-11-21(29-3)12-14-22/h7-14,17,20H,4-6,15-16H2,1-3H3,(H,24,26)/t17-,20+/m0/s1. The van der Waals surface area contributed by atoms with Crippen LogP contribution in [0.1, 0.15) is 43.9 Å². The van der Waals surface area contributed by atoms with Gasteiger partial charge in [0.15, 0.2) is 0 Å². The van der Waals surface area contributed by atoms with Gasteiger partial charge in [0.25, 0.3) is 0 Å². The highest BCUT2D eigenvalue weighted by atomic mass is 32.2. The van der Waals surface area contributed by atoms with Gasteiger partial charge in [-0.3, -0.25) is 4.79 Å². The highest BCUT2D eigenvalue weighted by molar-refractivity contribution is 7.89. The fraction of sp³-hybridized carbons (Fsp3) is 0.435. The Balaban J connectivity index is 1.66. The van der Waals surface area contributed by atoms with Gasteiger partial charge in [0.1, 0.15) is 5.75 Å². The van der Waals surface area contributed by atoms with Crippen LogP contribution in [0, 0.1) is 5.92 Å². The van der Waals surface area contributed by atoms with E-state index in [0.29, 0.717) is 25.1 Å². The number of amides is 1. The molecule has 0 aliphatic carbocycles. The summed E-state index contributed by atoms with van der Waals surface area (Å²) in [5.41, 5.74) is 2.29. The minimum absolute atomic E-state index is 0.100. The molecule has 1 amide bonds. The van der Waals surface area contributed by atoms with E-state index in [1.54, 1.807) is 24.3 Å². The summed E-state index contributed by atoms with van der Waals surface area (Å²) in [7, 11) is -2.11. The zero-order chi connectivity index (χ0) is 21.7. The Morgan fingerprint density at radius 1 is 1.17 bits per heavy atom. The van der Waals surface area contributed by atoms with Crippen molar-refractivity contribution in [3.63, 3.8) is 0 Å². The molecule has 2 atom stereocenters. The van der Waals surface area contributed by atoms with Crippen molar-refractivity contribution >= 4 is 15.9 Å². The van der Waals surface area contributed by atoms with Crippen LogP contribution in [0.4, 0.5) is 0 Å². The van der Waals surface area contributed by atoms with E-state index in [-0.39, 0.29) is 29.3 Å². The Bertz CT molecular complexity index is 956. The highest BCUT2D eigenvalue weighted by Gasteiger charge is 2.33. The van der Waals surface area contributed by atoms with Gasteiger partial charge in [-0.05, 0) is 61.6 Å². The lowest BCUT2D eigenvalue weighted by Gasteiger charge is -2.32. The minimum atomic E-state index is -3.64. The number of rotatable bonds is 7. The molecule has 1 aliphatic heterocycles. The highest BCUT2D eigenvalue weighted by Crippen LogP contribution is 2.26. The van der Waals surface area contributed by atoms with Gasteiger partial charge in [-0.2, -0.15) is 4.31 Å². The molecule has 30 heavy (non-hydrogen) atoms. The first-order valence-corrected chi connectivity index (χ1v) is 11.8. The number of nitrogens with one attached hydrogen (secondary N) is 1. The maximum atomic E-state index is 13.0. The van der Waals surface area contributed by atoms with Crippen molar-refractivity contribution < 1.29 is 17.9 Å². The molecule has 0 bridgehead atoms. The largest absolute Gasteiger partial charge is 0.497 e. The molecule has 0 spiro atoms. The summed E-state index contributed by atoms with van der Waals surface area (Å²) >= 11 is 0. The maximum absolute atomic E-state index is 13.0. The fourth-order valence-corrected chi connectivity index (χ4v) is 5.25. The summed E-state index contributed by atoms with van der Waals surface area (Å²) < 4.78 is 32.5. The first-order chi connectivity index (χ1) is 14.3. The number of methoxy groups -OCH3 is 1. The average molecular weight is 431 g/mol. The molecule has 0 radical (unpaired) electrons. The number of hydrogen-bond donors (Lipinski definition) is 1. The van der Waals surface area contributed by atoms with Crippen molar-refractivity contribution in [2.75, 3.05) is 20.2 Å². The number of carbonyl (C=O) groups is 1. The van der Waals surface area contributed by atoms with Gasteiger partial charge in [-0.25, -0.2) is 8.42 Å². The topological polar surface area (TPSA) is 75.7 Å². The molecule has 2 aromatic carbocycles. The molecule has 7 heteroatoms. The molecule has 2 aromatic rings. The molecule has 162 valence electrons. The summed E-state index contributed by atoms with van der Waals surface area (Å²) in [5, 5.41) is 3.05. The summed E-state index contributed by atoms with van der Waals surface area (Å²) in [5.74, 6) is 0.145. The quantitative estimate of drug-likeness (QED) is 0.729. The van der Waals surface area contributed by atoms with E-state index < -0.39 is 10.0 Å². The molecule has 1 heterocycles. The van der Waals surface area contributed by atoms with Crippen LogP contribution in [-0.4, -0.2) is 38.8 Å². The molecule has 3 rings (SSSR count). The lowest BCUT2D eigenvalue weighted by molar-refractivity contribution is -0.126. The van der Waals surface area contributed by atoms with Gasteiger partial charge < -0.3 is 10.1 Å². The van der Waals surface area contributed by atoms with Crippen LogP contribution in [0.15, 0.2) is 53.4 Å². The summed E-state index contributed by atoms with van der Waals surface area (Å²) in [6.07, 6.45) is 2.32. The molecule has 6 nitrogen and oxygen atoms in total. The number of sulfonamides is 1. The van der Waals surface area contributed by atoms with Crippen LogP contribution in [-0.2, 0) is 21.2 Å². The van der Waals surface area contributed by atoms with E-state index in [9.17, 15) is 13.2 Å². The Morgan fingerprint density at radius 3 is 2.43 bits per heavy atom. The van der Waals surface area contributed by atoms with Crippen LogP contribution in [0.2, 0.25) is 0 Å². The van der Waals surface area contributed by atoms with E-state index in [4.69, 9.17) is 4.74 Å². The molecule has 1 saturated heterocycles. The van der Waals surface area contributed by atoms with Gasteiger partial charge in [0.2, 0.25) is 15.9 Å². The van der Waals surface area contributed by atoms with Crippen molar-refractivity contribution in [1.82, 2.24) is 9.62 Å². The third kappa shape index (κ3) is 5.02. The lowest BCUT2D eigenvalue weighted by Crippen LogP contribution is -2.45. The van der Waals surface area contributed by atoms with E-state index in [0.717, 1.165) is 12.0 Å². The number of benzene rings is 2. The molecule has 1 aliphatic rings. The second-order valence-electron chi connectivity index (χ2n) is 7.70. The predicted molar refractivity (Wildman–Crippen MR) is 117 cm³/mol. The normalized spacial score (nSPS) is 18.6. The number of aryl methyl sites for hydroxylation is 1. The number of nitrogens with zero attached hydrogens (tertiary/aromatic N) is 1. The minimum Gasteiger partial charge on any atom is -0.497 e. The third-order valence-electron chi connectivity index (χ3n) is 5.70. The Morgan fingerprint density at radius 2 is 1.83 bits per heavy atom. The number of piperidine rings is 1. The molecular formula is C23H30N2O4S. The Hall–Kier alpha value is -2.38. The van der Waals surface area contributed by atoms with Crippen LogP contribution < -0.4 is 10.1 Å². The molecule has 0 unspecified atom stereocenters. The second-order valence-corrected chi connectivity index (χ2v) is 9.64. The summed E-state index contributed by atoms with van der Waals surface area (Å²) in [4.78, 5) is 13.1. The summed E-state index contributed by atoms with van der Waals surface area (Å²) in [6, 6.07) is 14.4. The van der Waals surface area contributed by atoms with E-state index >= 15 is 0 Å². The zero-order valence-electron chi connectivity index (χ0n) is 17.8. The maximum Gasteiger partial charge on any atom is 0.243 e. The molecule has 0 saturated carbocycles. The van der Waals surface area contributed by atoms with Gasteiger partial charge in [-0.1, -0.05) is 31.2 Å². The number of hydrogen-bond acceptors (Lipinski definition) is 4. The second kappa shape index (κ2) is 9.62. The Labute approximate surface area is 179 Å². The molecule has 1 N–H and O–H groups in total. The number of ether oxygens (including phenoxy) is 1. The van der Waals surface area contributed by atoms with Gasteiger partial charge in [0, 0.05) is 13.1 Å². The van der Waals surface area contributed by atoms with Crippen LogP contribution >= 0.6 is 0 Å². The SMILES string of the molecule is CCc1ccc([C@H](C)NC(=O)[C@@H]2CCCN(S(=O)(=O)c3ccc(OC)cc3)C2)cc1. The Kier molecular flexibility index (Phi) is 7.15. The first-order valence-electron chi connectivity index (χ1n) is 10.4. The van der Waals surface area contributed by atoms with E-state index in [1.165, 1.54) is 17.0 Å². The average Bonchev–Trinajstić information content (AvgIpc) is 2.79. The van der Waals surface area contributed by atoms with Crippen molar-refractivity contribution in [3.05, 3.63) is 59.7 Å². The third-order valence-corrected chi connectivity index (χ3v) is 7.58. The van der Waals surface area contributed by atoms with Gasteiger partial charge >= 0.3 is 0 Å². The molecule has 1 fully saturated rings. The molecular weight excluding hydrogens is 400 g/mol. The predicted octanol–water partition coefficient (Wildman–Crippen LogP) is 3.54. The van der Waals surface area contributed by atoms with Crippen molar-refractivity contribution in [2.45, 2.75) is 44.0 Å². The van der Waals surface area contributed by atoms with Gasteiger partial charge in [0.05, 0.1) is 24.0 Å². The fourth-order valence-electron chi connectivity index (χ4n) is 3.73. The van der Waals surface area contributed by atoms with E-state index in [2.05, 4.69) is 24.4 Å².